The SMILES string of the molecule is COC(=O)C(C)Oc1ccc(OC(=O)CO)cc1. The molecular formula is C12H14O6. The second-order valence-corrected chi connectivity index (χ2v) is 3.39. The van der Waals surface area contributed by atoms with Crippen molar-refractivity contribution < 1.29 is 28.9 Å². The van der Waals surface area contributed by atoms with Crippen molar-refractivity contribution in [1.82, 2.24) is 0 Å². The molecule has 0 saturated heterocycles. The Hall–Kier alpha value is -2.08. The molecule has 0 aliphatic carbocycles. The molecule has 1 aromatic carbocycles. The number of ether oxygens (including phenoxy) is 3. The van der Waals surface area contributed by atoms with Crippen LogP contribution >= 0.6 is 0 Å². The van der Waals surface area contributed by atoms with E-state index in [4.69, 9.17) is 14.6 Å². The summed E-state index contributed by atoms with van der Waals surface area (Å²) in [7, 11) is 1.28. The summed E-state index contributed by atoms with van der Waals surface area (Å²) in [6.07, 6.45) is -0.721. The fraction of sp³-hybridized carbons (Fsp3) is 0.333. The topological polar surface area (TPSA) is 82.1 Å². The van der Waals surface area contributed by atoms with Gasteiger partial charge in [0.2, 0.25) is 0 Å². The van der Waals surface area contributed by atoms with E-state index in [1.807, 2.05) is 0 Å². The Kier molecular flexibility index (Phi) is 5.13. The molecule has 0 amide bonds. The standard InChI is InChI=1S/C12H14O6/c1-8(12(15)16-2)17-9-3-5-10(6-4-9)18-11(14)7-13/h3-6,8,13H,7H2,1-2H3. The van der Waals surface area contributed by atoms with Gasteiger partial charge in [-0.25, -0.2) is 9.59 Å². The highest BCUT2D eigenvalue weighted by atomic mass is 16.6. The molecule has 1 N–H and O–H groups in total. The van der Waals surface area contributed by atoms with Crippen LogP contribution in [0.1, 0.15) is 6.92 Å². The molecule has 0 radical (unpaired) electrons. The number of rotatable bonds is 5. The number of aliphatic hydroxyl groups excluding tert-OH is 1. The van der Waals surface area contributed by atoms with E-state index in [0.717, 1.165) is 0 Å². The third kappa shape index (κ3) is 4.06. The van der Waals surface area contributed by atoms with Gasteiger partial charge in [0.25, 0.3) is 0 Å². The summed E-state index contributed by atoms with van der Waals surface area (Å²) in [5.41, 5.74) is 0. The molecule has 1 rings (SSSR count). The molecule has 0 saturated carbocycles. The number of esters is 2. The van der Waals surface area contributed by atoms with Crippen molar-refractivity contribution in [3.63, 3.8) is 0 Å². The largest absolute Gasteiger partial charge is 0.479 e. The van der Waals surface area contributed by atoms with Crippen LogP contribution in [0.5, 0.6) is 11.5 Å². The van der Waals surface area contributed by atoms with Crippen molar-refractivity contribution in [3.05, 3.63) is 24.3 Å². The fourth-order valence-electron chi connectivity index (χ4n) is 1.17. The first-order valence-electron chi connectivity index (χ1n) is 5.23. The molecule has 1 aromatic rings. The minimum Gasteiger partial charge on any atom is -0.479 e. The highest BCUT2D eigenvalue weighted by Gasteiger charge is 2.14. The second kappa shape index (κ2) is 6.61. The van der Waals surface area contributed by atoms with E-state index < -0.39 is 24.6 Å². The summed E-state index contributed by atoms with van der Waals surface area (Å²) in [6.45, 7) is 0.878. The third-order valence-corrected chi connectivity index (χ3v) is 2.03. The number of benzene rings is 1. The van der Waals surface area contributed by atoms with E-state index in [0.29, 0.717) is 5.75 Å². The Morgan fingerprint density at radius 2 is 1.78 bits per heavy atom. The average Bonchev–Trinajstić information content (AvgIpc) is 2.39. The van der Waals surface area contributed by atoms with Gasteiger partial charge < -0.3 is 19.3 Å². The van der Waals surface area contributed by atoms with Crippen LogP contribution in [-0.2, 0) is 14.3 Å². The summed E-state index contributed by atoms with van der Waals surface area (Å²) in [5.74, 6) is -0.499. The highest BCUT2D eigenvalue weighted by Crippen LogP contribution is 2.18. The Morgan fingerprint density at radius 1 is 1.22 bits per heavy atom. The lowest BCUT2D eigenvalue weighted by molar-refractivity contribution is -0.147. The first kappa shape index (κ1) is 14.0. The van der Waals surface area contributed by atoms with Gasteiger partial charge in [0.15, 0.2) is 6.10 Å². The van der Waals surface area contributed by atoms with E-state index in [9.17, 15) is 9.59 Å². The van der Waals surface area contributed by atoms with Crippen LogP contribution in [0.4, 0.5) is 0 Å². The van der Waals surface area contributed by atoms with Gasteiger partial charge in [0.1, 0.15) is 18.1 Å². The summed E-state index contributed by atoms with van der Waals surface area (Å²) in [6, 6.07) is 6.07. The quantitative estimate of drug-likeness (QED) is 0.609. The van der Waals surface area contributed by atoms with Gasteiger partial charge in [0.05, 0.1) is 7.11 Å². The van der Waals surface area contributed by atoms with Crippen LogP contribution < -0.4 is 9.47 Å². The normalized spacial score (nSPS) is 11.5. The number of carbonyl (C=O) groups is 2. The van der Waals surface area contributed by atoms with Gasteiger partial charge in [-0.15, -0.1) is 0 Å². The maximum atomic E-state index is 11.1. The van der Waals surface area contributed by atoms with Crippen molar-refractivity contribution in [2.75, 3.05) is 13.7 Å². The van der Waals surface area contributed by atoms with E-state index >= 15 is 0 Å². The van der Waals surface area contributed by atoms with Crippen molar-refractivity contribution in [3.8, 4) is 11.5 Å². The predicted octanol–water partition coefficient (Wildman–Crippen LogP) is 0.525. The lowest BCUT2D eigenvalue weighted by Crippen LogP contribution is -2.24. The Bertz CT molecular complexity index is 411. The molecule has 98 valence electrons. The summed E-state index contributed by atoms with van der Waals surface area (Å²) in [5, 5.41) is 8.51. The highest BCUT2D eigenvalue weighted by molar-refractivity contribution is 5.74. The lowest BCUT2D eigenvalue weighted by Gasteiger charge is -2.12. The zero-order valence-electron chi connectivity index (χ0n) is 10.1. The molecule has 1 unspecified atom stereocenters. The zero-order chi connectivity index (χ0) is 13.5. The monoisotopic (exact) mass is 254 g/mol. The van der Waals surface area contributed by atoms with Gasteiger partial charge in [0, 0.05) is 0 Å². The van der Waals surface area contributed by atoms with Crippen molar-refractivity contribution in [2.24, 2.45) is 0 Å². The van der Waals surface area contributed by atoms with E-state index in [1.54, 1.807) is 19.1 Å². The predicted molar refractivity (Wildman–Crippen MR) is 61.3 cm³/mol. The fourth-order valence-corrected chi connectivity index (χ4v) is 1.17. The molecule has 0 aliphatic heterocycles. The first-order chi connectivity index (χ1) is 8.56. The van der Waals surface area contributed by atoms with Crippen LogP contribution in [-0.4, -0.2) is 36.9 Å². The summed E-state index contributed by atoms with van der Waals surface area (Å²) >= 11 is 0. The van der Waals surface area contributed by atoms with Crippen LogP contribution in [0.2, 0.25) is 0 Å². The number of methoxy groups -OCH3 is 1. The third-order valence-electron chi connectivity index (χ3n) is 2.03. The smallest absolute Gasteiger partial charge is 0.346 e. The maximum Gasteiger partial charge on any atom is 0.346 e. The van der Waals surface area contributed by atoms with Gasteiger partial charge in [-0.1, -0.05) is 0 Å². The van der Waals surface area contributed by atoms with Crippen LogP contribution in [0.3, 0.4) is 0 Å². The Labute approximate surface area is 104 Å². The lowest BCUT2D eigenvalue weighted by atomic mass is 10.3. The molecule has 0 bridgehead atoms. The molecule has 6 heteroatoms. The van der Waals surface area contributed by atoms with Crippen molar-refractivity contribution in [1.29, 1.82) is 0 Å². The molecule has 0 spiro atoms. The average molecular weight is 254 g/mol. The maximum absolute atomic E-state index is 11.1. The first-order valence-corrected chi connectivity index (χ1v) is 5.23. The van der Waals surface area contributed by atoms with E-state index in [-0.39, 0.29) is 5.75 Å². The van der Waals surface area contributed by atoms with Crippen molar-refractivity contribution in [2.45, 2.75) is 13.0 Å². The molecule has 0 aliphatic rings. The molecule has 1 atom stereocenters. The van der Waals surface area contributed by atoms with Crippen LogP contribution in [0, 0.1) is 0 Å². The van der Waals surface area contributed by atoms with Gasteiger partial charge in [-0.2, -0.15) is 0 Å². The van der Waals surface area contributed by atoms with Gasteiger partial charge in [-0.3, -0.25) is 0 Å². The van der Waals surface area contributed by atoms with E-state index in [1.165, 1.54) is 19.2 Å². The molecule has 0 fully saturated rings. The summed E-state index contributed by atoms with van der Waals surface area (Å²) in [4.78, 5) is 21.9. The number of aliphatic hydroxyl groups is 1. The minimum absolute atomic E-state index is 0.284. The minimum atomic E-state index is -0.744. The van der Waals surface area contributed by atoms with Crippen LogP contribution in [0.15, 0.2) is 24.3 Å². The number of carbonyl (C=O) groups excluding carboxylic acids is 2. The molecule has 18 heavy (non-hydrogen) atoms. The Balaban J connectivity index is 2.60. The zero-order valence-corrected chi connectivity index (χ0v) is 10.1. The Morgan fingerprint density at radius 3 is 2.28 bits per heavy atom. The van der Waals surface area contributed by atoms with Gasteiger partial charge in [-0.05, 0) is 31.2 Å². The number of hydrogen-bond donors (Lipinski definition) is 1. The van der Waals surface area contributed by atoms with Gasteiger partial charge >= 0.3 is 11.9 Å². The molecule has 6 nitrogen and oxygen atoms in total. The van der Waals surface area contributed by atoms with Crippen molar-refractivity contribution >= 4 is 11.9 Å². The molecular weight excluding hydrogens is 240 g/mol. The summed E-state index contributed by atoms with van der Waals surface area (Å²) < 4.78 is 14.6. The van der Waals surface area contributed by atoms with E-state index in [2.05, 4.69) is 4.74 Å². The second-order valence-electron chi connectivity index (χ2n) is 3.39. The van der Waals surface area contributed by atoms with Crippen LogP contribution in [0.25, 0.3) is 0 Å². The number of hydrogen-bond acceptors (Lipinski definition) is 6. The molecule has 0 heterocycles. The molecule has 0 aromatic heterocycles.